The molecule has 1 fully saturated rings. The van der Waals surface area contributed by atoms with Gasteiger partial charge in [0, 0.05) is 19.2 Å². The number of carbonyl (C=O) groups excluding carboxylic acids is 2. The second-order valence-corrected chi connectivity index (χ2v) is 7.60. The Hall–Kier alpha value is -1.69. The highest BCUT2D eigenvalue weighted by Gasteiger charge is 2.40. The molecule has 1 aromatic rings. The van der Waals surface area contributed by atoms with Gasteiger partial charge < -0.3 is 9.47 Å². The maximum absolute atomic E-state index is 12.4. The molecule has 0 spiro atoms. The fourth-order valence-electron chi connectivity index (χ4n) is 2.37. The van der Waals surface area contributed by atoms with Gasteiger partial charge in [-0.1, -0.05) is 30.3 Å². The number of carbonyl (C=O) groups is 2. The van der Waals surface area contributed by atoms with Crippen molar-refractivity contribution >= 4 is 23.8 Å². The third-order valence-corrected chi connectivity index (χ3v) is 4.50. The maximum Gasteiger partial charge on any atom is 0.411 e. The number of benzene rings is 1. The van der Waals surface area contributed by atoms with E-state index in [4.69, 9.17) is 9.47 Å². The molecule has 1 amide bonds. The van der Waals surface area contributed by atoms with E-state index in [2.05, 4.69) is 0 Å². The first-order valence-corrected chi connectivity index (χ1v) is 8.66. The van der Waals surface area contributed by atoms with E-state index in [9.17, 15) is 9.59 Å². The summed E-state index contributed by atoms with van der Waals surface area (Å²) in [7, 11) is 0. The Kier molecular flexibility index (Phi) is 5.57. The van der Waals surface area contributed by atoms with Crippen molar-refractivity contribution in [2.45, 2.75) is 44.8 Å². The van der Waals surface area contributed by atoms with Crippen molar-refractivity contribution in [1.29, 1.82) is 0 Å². The molecule has 1 aliphatic heterocycles. The lowest BCUT2D eigenvalue weighted by Crippen LogP contribution is -2.42. The van der Waals surface area contributed by atoms with Crippen molar-refractivity contribution < 1.29 is 19.1 Å². The number of hydrogen-bond acceptors (Lipinski definition) is 5. The van der Waals surface area contributed by atoms with Crippen molar-refractivity contribution in [2.75, 3.05) is 12.3 Å². The van der Waals surface area contributed by atoms with Gasteiger partial charge in [0.2, 0.25) is 0 Å². The van der Waals surface area contributed by atoms with Gasteiger partial charge in [0.05, 0.1) is 0 Å². The highest BCUT2D eigenvalue weighted by molar-refractivity contribution is 8.00. The normalized spacial score (nSPS) is 19.3. The lowest BCUT2D eigenvalue weighted by atomic mass is 10.1. The van der Waals surface area contributed by atoms with E-state index in [1.807, 2.05) is 51.1 Å². The molecule has 0 saturated carbocycles. The summed E-state index contributed by atoms with van der Waals surface area (Å²) < 4.78 is 11.0. The fourth-order valence-corrected chi connectivity index (χ4v) is 3.67. The molecule has 1 saturated heterocycles. The van der Waals surface area contributed by atoms with E-state index in [1.54, 1.807) is 16.7 Å². The highest BCUT2D eigenvalue weighted by atomic mass is 32.2. The molecule has 0 aromatic heterocycles. The zero-order chi connectivity index (χ0) is 17.0. The molecule has 6 heteroatoms. The minimum Gasteiger partial charge on any atom is -0.455 e. The number of amides is 1. The largest absolute Gasteiger partial charge is 0.455 e. The average molecular weight is 337 g/mol. The third kappa shape index (κ3) is 4.89. The van der Waals surface area contributed by atoms with E-state index in [0.29, 0.717) is 6.54 Å². The Morgan fingerprint density at radius 2 is 1.91 bits per heavy atom. The fraction of sp³-hybridized carbons (Fsp3) is 0.529. The maximum atomic E-state index is 12.4. The Labute approximate surface area is 141 Å². The summed E-state index contributed by atoms with van der Waals surface area (Å²) in [5.74, 6) is 0.421. The van der Waals surface area contributed by atoms with Gasteiger partial charge in [-0.05, 0) is 26.3 Å². The minimum absolute atomic E-state index is 0.281. The Balaban J connectivity index is 2.23. The van der Waals surface area contributed by atoms with Crippen LogP contribution in [0.3, 0.4) is 0 Å². The van der Waals surface area contributed by atoms with Gasteiger partial charge in [-0.15, -0.1) is 11.8 Å². The topological polar surface area (TPSA) is 55.8 Å². The number of nitrogens with zero attached hydrogens (tertiary/aromatic N) is 1. The summed E-state index contributed by atoms with van der Waals surface area (Å²) in [5, 5.41) is -0.281. The van der Waals surface area contributed by atoms with Gasteiger partial charge in [0.15, 0.2) is 6.10 Å². The van der Waals surface area contributed by atoms with Crippen molar-refractivity contribution in [2.24, 2.45) is 0 Å². The van der Waals surface area contributed by atoms with Gasteiger partial charge in [-0.2, -0.15) is 0 Å². The van der Waals surface area contributed by atoms with Crippen LogP contribution in [0, 0.1) is 0 Å². The summed E-state index contributed by atoms with van der Waals surface area (Å²) in [5.41, 5.74) is 0.314. The molecular formula is C17H23NO4S. The van der Waals surface area contributed by atoms with Crippen molar-refractivity contribution in [3.05, 3.63) is 35.9 Å². The van der Waals surface area contributed by atoms with E-state index >= 15 is 0 Å². The summed E-state index contributed by atoms with van der Waals surface area (Å²) >= 11 is 1.60. The van der Waals surface area contributed by atoms with Crippen LogP contribution in [-0.2, 0) is 14.3 Å². The van der Waals surface area contributed by atoms with Crippen molar-refractivity contribution in [1.82, 2.24) is 4.90 Å². The molecule has 126 valence electrons. The number of thioether (sulfide) groups is 1. The average Bonchev–Trinajstić information content (AvgIpc) is 2.93. The van der Waals surface area contributed by atoms with Crippen molar-refractivity contribution in [3.8, 4) is 0 Å². The monoisotopic (exact) mass is 337 g/mol. The lowest BCUT2D eigenvalue weighted by molar-refractivity contribution is -0.148. The van der Waals surface area contributed by atoms with E-state index in [-0.39, 0.29) is 17.4 Å². The molecule has 0 N–H and O–H groups in total. The van der Waals surface area contributed by atoms with Gasteiger partial charge in [-0.25, -0.2) is 4.79 Å². The van der Waals surface area contributed by atoms with Crippen LogP contribution in [0.4, 0.5) is 4.79 Å². The predicted octanol–water partition coefficient (Wildman–Crippen LogP) is 3.60. The van der Waals surface area contributed by atoms with Crippen LogP contribution in [0.2, 0.25) is 0 Å². The lowest BCUT2D eigenvalue weighted by Gasteiger charge is -2.32. The predicted molar refractivity (Wildman–Crippen MR) is 90.1 cm³/mol. The molecule has 2 atom stereocenters. The van der Waals surface area contributed by atoms with Crippen molar-refractivity contribution in [3.63, 3.8) is 0 Å². The first kappa shape index (κ1) is 17.7. The summed E-state index contributed by atoms with van der Waals surface area (Å²) in [6.45, 7) is 7.47. The standard InChI is InChI=1S/C17H23NO4S/c1-12(19)21-14(13-8-6-5-7-9-13)15-18(10-11-23-15)16(20)22-17(2,3)4/h5-9,14-15H,10-11H2,1-4H3/t14-,15-/m1/s1. The van der Waals surface area contributed by atoms with Crippen LogP contribution in [-0.4, -0.2) is 40.2 Å². The SMILES string of the molecule is CC(=O)O[C@H](c1ccccc1)[C@H]1SCCN1C(=O)OC(C)(C)C. The zero-order valence-corrected chi connectivity index (χ0v) is 14.8. The molecule has 5 nitrogen and oxygen atoms in total. The van der Waals surface area contributed by atoms with Gasteiger partial charge in [0.25, 0.3) is 0 Å². The van der Waals surface area contributed by atoms with Gasteiger partial charge in [-0.3, -0.25) is 9.69 Å². The molecule has 1 heterocycles. The van der Waals surface area contributed by atoms with Crippen LogP contribution in [0.25, 0.3) is 0 Å². The van der Waals surface area contributed by atoms with E-state index < -0.39 is 11.7 Å². The molecule has 23 heavy (non-hydrogen) atoms. The summed E-state index contributed by atoms with van der Waals surface area (Å²) in [4.78, 5) is 25.6. The number of hydrogen-bond donors (Lipinski definition) is 0. The molecule has 0 bridgehead atoms. The summed E-state index contributed by atoms with van der Waals surface area (Å²) in [6.07, 6.45) is -0.880. The second kappa shape index (κ2) is 7.25. The quantitative estimate of drug-likeness (QED) is 0.789. The van der Waals surface area contributed by atoms with Crippen LogP contribution < -0.4 is 0 Å². The molecule has 1 aliphatic rings. The van der Waals surface area contributed by atoms with Crippen LogP contribution in [0.5, 0.6) is 0 Å². The summed E-state index contributed by atoms with van der Waals surface area (Å²) in [6, 6.07) is 9.49. The van der Waals surface area contributed by atoms with Crippen LogP contribution >= 0.6 is 11.8 Å². The minimum atomic E-state index is -0.557. The first-order chi connectivity index (χ1) is 10.8. The molecular weight excluding hydrogens is 314 g/mol. The Morgan fingerprint density at radius 3 is 2.48 bits per heavy atom. The first-order valence-electron chi connectivity index (χ1n) is 7.61. The van der Waals surface area contributed by atoms with Gasteiger partial charge >= 0.3 is 12.1 Å². The highest BCUT2D eigenvalue weighted by Crippen LogP contribution is 2.37. The molecule has 2 rings (SSSR count). The molecule has 1 aromatic carbocycles. The van der Waals surface area contributed by atoms with Crippen LogP contribution in [0.1, 0.15) is 39.4 Å². The molecule has 0 aliphatic carbocycles. The number of esters is 1. The Bertz CT molecular complexity index is 555. The Morgan fingerprint density at radius 1 is 1.26 bits per heavy atom. The molecule has 0 radical (unpaired) electrons. The third-order valence-electron chi connectivity index (χ3n) is 3.24. The molecule has 0 unspecified atom stereocenters. The van der Waals surface area contributed by atoms with E-state index in [0.717, 1.165) is 11.3 Å². The van der Waals surface area contributed by atoms with E-state index in [1.165, 1.54) is 6.92 Å². The smallest absolute Gasteiger partial charge is 0.411 e. The van der Waals surface area contributed by atoms with Gasteiger partial charge in [0.1, 0.15) is 11.0 Å². The number of rotatable bonds is 3. The number of ether oxygens (including phenoxy) is 2. The zero-order valence-electron chi connectivity index (χ0n) is 13.9. The van der Waals surface area contributed by atoms with Crippen LogP contribution in [0.15, 0.2) is 30.3 Å². The second-order valence-electron chi connectivity index (χ2n) is 6.38.